The Kier molecular flexibility index (Phi) is 8.55. The largest absolute Gasteiger partial charge is 0.481 e. The zero-order chi connectivity index (χ0) is 26.4. The number of benzene rings is 1. The van der Waals surface area contributed by atoms with Crippen molar-refractivity contribution in [2.24, 2.45) is 0 Å². The van der Waals surface area contributed by atoms with E-state index < -0.39 is 53.3 Å². The maximum absolute atomic E-state index is 13.4. The lowest BCUT2D eigenvalue weighted by Crippen LogP contribution is -2.34. The maximum atomic E-state index is 13.4. The van der Waals surface area contributed by atoms with Crippen LogP contribution in [-0.4, -0.2) is 51.5 Å². The van der Waals surface area contributed by atoms with Crippen molar-refractivity contribution >= 4 is 23.5 Å². The Morgan fingerprint density at radius 2 is 1.89 bits per heavy atom. The van der Waals surface area contributed by atoms with E-state index in [-0.39, 0.29) is 24.3 Å². The van der Waals surface area contributed by atoms with Crippen LogP contribution in [0.1, 0.15) is 39.7 Å². The number of hydrogen-bond donors (Lipinski definition) is 1. The molecule has 0 radical (unpaired) electrons. The van der Waals surface area contributed by atoms with Crippen LogP contribution >= 0.6 is 11.6 Å². The fourth-order valence-electron chi connectivity index (χ4n) is 3.91. The van der Waals surface area contributed by atoms with E-state index in [1.165, 1.54) is 24.5 Å². The summed E-state index contributed by atoms with van der Waals surface area (Å²) in [5, 5.41) is 29.3. The van der Waals surface area contributed by atoms with Gasteiger partial charge in [-0.25, -0.2) is 0 Å². The lowest BCUT2D eigenvalue weighted by Gasteiger charge is -2.26. The van der Waals surface area contributed by atoms with Crippen LogP contribution in [0.25, 0.3) is 0 Å². The molecule has 0 fully saturated rings. The van der Waals surface area contributed by atoms with Crippen LogP contribution < -0.4 is 0 Å². The molecule has 3 atom stereocenters. The lowest BCUT2D eigenvalue weighted by molar-refractivity contribution is -0.790. The predicted molar refractivity (Wildman–Crippen MR) is 118 cm³/mol. The Morgan fingerprint density at radius 3 is 2.53 bits per heavy atom. The van der Waals surface area contributed by atoms with E-state index in [1.807, 2.05) is 0 Å². The molecule has 192 valence electrons. The number of carbonyl (C=O) groups excluding carboxylic acids is 1. The highest BCUT2D eigenvalue weighted by Gasteiger charge is 2.41. The molecule has 0 saturated heterocycles. The smallest absolute Gasteiger partial charge is 0.314 e. The molecule has 0 aliphatic carbocycles. The molecule has 2 unspecified atom stereocenters. The number of aromatic nitrogens is 1. The van der Waals surface area contributed by atoms with E-state index >= 15 is 0 Å². The predicted octanol–water partition coefficient (Wildman–Crippen LogP) is 2.35. The lowest BCUT2D eigenvalue weighted by atomic mass is 9.78. The summed E-state index contributed by atoms with van der Waals surface area (Å²) in [5.74, 6) is -5.35. The topological polar surface area (TPSA) is 190 Å². The minimum atomic E-state index is -1.64. The van der Waals surface area contributed by atoms with Crippen molar-refractivity contribution in [2.75, 3.05) is 13.2 Å². The zero-order valence-electron chi connectivity index (χ0n) is 18.7. The Labute approximate surface area is 207 Å². The highest BCUT2D eigenvalue weighted by molar-refractivity contribution is 6.30. The van der Waals surface area contributed by atoms with Gasteiger partial charge in [-0.15, -0.1) is 20.2 Å². The Hall–Kier alpha value is -4.04. The van der Waals surface area contributed by atoms with Gasteiger partial charge in [-0.1, -0.05) is 17.7 Å². The summed E-state index contributed by atoms with van der Waals surface area (Å²) in [5.41, 5.74) is 2.25. The van der Waals surface area contributed by atoms with Gasteiger partial charge < -0.3 is 24.3 Å². The van der Waals surface area contributed by atoms with Gasteiger partial charge in [-0.2, -0.15) is 0 Å². The molecule has 0 spiro atoms. The third kappa shape index (κ3) is 6.34. The zero-order valence-corrected chi connectivity index (χ0v) is 19.5. The number of aryl methyl sites for hydroxylation is 1. The fourth-order valence-corrected chi connectivity index (χ4v) is 4.13. The number of rotatable bonds is 12. The Morgan fingerprint density at radius 1 is 1.14 bits per heavy atom. The Bertz CT molecular complexity index is 1180. The van der Waals surface area contributed by atoms with Gasteiger partial charge in [0.2, 0.25) is 0 Å². The molecule has 1 aromatic heterocycles. The molecule has 2 aromatic rings. The van der Waals surface area contributed by atoms with Crippen molar-refractivity contribution in [3.8, 4) is 0 Å². The van der Waals surface area contributed by atoms with Gasteiger partial charge in [0.15, 0.2) is 6.10 Å². The van der Waals surface area contributed by atoms with Crippen molar-refractivity contribution < 1.29 is 44.0 Å². The minimum Gasteiger partial charge on any atom is -0.481 e. The van der Waals surface area contributed by atoms with Crippen molar-refractivity contribution in [3.63, 3.8) is 0 Å². The number of carbonyl (C=O) groups is 2. The number of hydrogen-bond acceptors (Lipinski definition) is 11. The standard InChI is InChI=1S/C21H20ClN3O11/c1-11-4-13(22)2-3-15(11)18(20(26)27)19(16-6-23-5-12-7-33-10-17(12)16)21(28)34-8-14(36-25(31)32)9-35-24(29)30/h2-6,14,18-19H,7-10H2,1H3,(H,26,27)/t14?,18?,19-/m1/s1. The average molecular weight is 526 g/mol. The number of carboxylic acids is 1. The number of fused-ring (bicyclic) bond motifs is 1. The van der Waals surface area contributed by atoms with E-state index in [4.69, 9.17) is 21.1 Å². The number of ether oxygens (including phenoxy) is 2. The highest BCUT2D eigenvalue weighted by Crippen LogP contribution is 2.40. The number of pyridine rings is 1. The van der Waals surface area contributed by atoms with Crippen LogP contribution in [0.4, 0.5) is 0 Å². The first kappa shape index (κ1) is 26.6. The van der Waals surface area contributed by atoms with Gasteiger partial charge in [0.05, 0.1) is 19.1 Å². The summed E-state index contributed by atoms with van der Waals surface area (Å²) in [6, 6.07) is 4.50. The second-order valence-electron chi connectivity index (χ2n) is 7.75. The highest BCUT2D eigenvalue weighted by atomic mass is 35.5. The molecule has 15 heteroatoms. The molecule has 0 bridgehead atoms. The molecule has 1 aliphatic heterocycles. The number of esters is 1. The summed E-state index contributed by atoms with van der Waals surface area (Å²) < 4.78 is 10.6. The summed E-state index contributed by atoms with van der Waals surface area (Å²) in [4.78, 5) is 59.6. The summed E-state index contributed by atoms with van der Waals surface area (Å²) in [6.45, 7) is 0.223. The van der Waals surface area contributed by atoms with E-state index in [2.05, 4.69) is 14.7 Å². The fraction of sp³-hybridized carbons (Fsp3) is 0.381. The summed E-state index contributed by atoms with van der Waals surface area (Å²) in [7, 11) is 0. The van der Waals surface area contributed by atoms with Crippen molar-refractivity contribution in [3.05, 3.63) is 83.7 Å². The first-order valence-electron chi connectivity index (χ1n) is 10.4. The third-order valence-corrected chi connectivity index (χ3v) is 5.69. The second kappa shape index (κ2) is 11.6. The van der Waals surface area contributed by atoms with E-state index in [1.54, 1.807) is 13.0 Å². The van der Waals surface area contributed by atoms with Crippen LogP contribution in [0.3, 0.4) is 0 Å². The third-order valence-electron chi connectivity index (χ3n) is 5.45. The van der Waals surface area contributed by atoms with Gasteiger partial charge in [-0.3, -0.25) is 14.6 Å². The van der Waals surface area contributed by atoms with Gasteiger partial charge in [0.1, 0.15) is 19.1 Å². The van der Waals surface area contributed by atoms with Crippen molar-refractivity contribution in [1.82, 2.24) is 4.98 Å². The molecule has 3 rings (SSSR count). The molecule has 2 heterocycles. The molecular weight excluding hydrogens is 506 g/mol. The van der Waals surface area contributed by atoms with Crippen LogP contribution in [0.2, 0.25) is 5.02 Å². The molecule has 0 amide bonds. The van der Waals surface area contributed by atoms with Crippen LogP contribution in [-0.2, 0) is 42.0 Å². The monoisotopic (exact) mass is 525 g/mol. The normalized spacial score (nSPS) is 14.7. The molecule has 36 heavy (non-hydrogen) atoms. The van der Waals surface area contributed by atoms with Gasteiger partial charge >= 0.3 is 11.9 Å². The van der Waals surface area contributed by atoms with Gasteiger partial charge in [0, 0.05) is 23.0 Å². The first-order chi connectivity index (χ1) is 17.1. The van der Waals surface area contributed by atoms with Crippen LogP contribution in [0.5, 0.6) is 0 Å². The molecule has 1 aromatic carbocycles. The number of aliphatic carboxylic acids is 1. The first-order valence-corrected chi connectivity index (χ1v) is 10.7. The Balaban J connectivity index is 2.00. The number of halogens is 1. The number of nitrogens with zero attached hydrogens (tertiary/aromatic N) is 3. The second-order valence-corrected chi connectivity index (χ2v) is 8.19. The van der Waals surface area contributed by atoms with Crippen molar-refractivity contribution in [1.29, 1.82) is 0 Å². The van der Waals surface area contributed by atoms with Gasteiger partial charge in [0.25, 0.3) is 10.2 Å². The maximum Gasteiger partial charge on any atom is 0.314 e. The summed E-state index contributed by atoms with van der Waals surface area (Å²) >= 11 is 6.02. The van der Waals surface area contributed by atoms with Crippen LogP contribution in [0, 0.1) is 27.2 Å². The van der Waals surface area contributed by atoms with E-state index in [9.17, 15) is 34.9 Å². The van der Waals surface area contributed by atoms with Crippen molar-refractivity contribution in [2.45, 2.75) is 38.1 Å². The molecule has 1 N–H and O–H groups in total. The summed E-state index contributed by atoms with van der Waals surface area (Å²) in [6.07, 6.45) is 1.23. The molecule has 1 aliphatic rings. The molecule has 0 saturated carbocycles. The minimum absolute atomic E-state index is 0.104. The molecular formula is C21H20ClN3O11. The molecule has 14 nitrogen and oxygen atoms in total. The quantitative estimate of drug-likeness (QED) is 0.242. The number of carboxylic acid groups (broad SMARTS) is 1. The van der Waals surface area contributed by atoms with Gasteiger partial charge in [-0.05, 0) is 41.3 Å². The average Bonchev–Trinajstić information content (AvgIpc) is 3.28. The van der Waals surface area contributed by atoms with Crippen LogP contribution in [0.15, 0.2) is 30.6 Å². The SMILES string of the molecule is Cc1cc(Cl)ccc1C(C(=O)O)[C@H](C(=O)OCC(CO[N+](=O)[O-])O[N+](=O)[O-])c1cncc2c1COC2. The van der Waals surface area contributed by atoms with E-state index in [0.717, 1.165) is 0 Å². The van der Waals surface area contributed by atoms with E-state index in [0.29, 0.717) is 21.7 Å².